The molecule has 0 amide bonds. The molecular weight excluding hydrogens is 418 g/mol. The minimum Gasteiger partial charge on any atom is -0.472 e. The second-order valence-electron chi connectivity index (χ2n) is 8.22. The average molecular weight is 444 g/mol. The molecule has 10 nitrogen and oxygen atoms in total. The summed E-state index contributed by atoms with van der Waals surface area (Å²) >= 11 is 0. The number of aryl methyl sites for hydroxylation is 1. The minimum atomic E-state index is 0.00339. The van der Waals surface area contributed by atoms with Crippen molar-refractivity contribution >= 4 is 16.7 Å². The van der Waals surface area contributed by atoms with Crippen LogP contribution in [0, 0.1) is 11.3 Å². The highest BCUT2D eigenvalue weighted by atomic mass is 16.5. The first-order valence-corrected chi connectivity index (χ1v) is 11.2. The molecule has 4 aromatic rings. The summed E-state index contributed by atoms with van der Waals surface area (Å²) in [4.78, 5) is 4.57. The summed E-state index contributed by atoms with van der Waals surface area (Å²) in [5.41, 5.74) is 3.34. The van der Waals surface area contributed by atoms with Crippen molar-refractivity contribution in [3.8, 4) is 23.2 Å². The Morgan fingerprint density at radius 3 is 2.82 bits per heavy atom. The van der Waals surface area contributed by atoms with Crippen LogP contribution in [0.3, 0.4) is 0 Å². The van der Waals surface area contributed by atoms with E-state index in [1.807, 2.05) is 25.6 Å². The number of ether oxygens (including phenoxy) is 1. The quantitative estimate of drug-likeness (QED) is 0.481. The molecule has 0 saturated heterocycles. The van der Waals surface area contributed by atoms with E-state index in [9.17, 15) is 5.26 Å². The van der Waals surface area contributed by atoms with Gasteiger partial charge in [-0.2, -0.15) is 20.6 Å². The van der Waals surface area contributed by atoms with E-state index in [0.717, 1.165) is 60.2 Å². The van der Waals surface area contributed by atoms with Crippen molar-refractivity contribution in [2.45, 2.75) is 44.8 Å². The van der Waals surface area contributed by atoms with E-state index >= 15 is 0 Å². The summed E-state index contributed by atoms with van der Waals surface area (Å²) in [6, 6.07) is 6.06. The molecule has 168 valence electrons. The second kappa shape index (κ2) is 8.86. The number of fused-ring (bicyclic) bond motifs is 1. The number of nitrogens with zero attached hydrogens (tertiary/aromatic N) is 8. The Morgan fingerprint density at radius 2 is 2.09 bits per heavy atom. The summed E-state index contributed by atoms with van der Waals surface area (Å²) in [6.45, 7) is 2.86. The fraction of sp³-hybridized carbons (Fsp3) is 0.391. The number of pyridine rings is 1. The molecule has 4 heterocycles. The number of hydrogen-bond donors (Lipinski definition) is 1. The molecule has 0 bridgehead atoms. The van der Waals surface area contributed by atoms with Gasteiger partial charge in [0, 0.05) is 43.0 Å². The van der Waals surface area contributed by atoms with Gasteiger partial charge in [-0.25, -0.2) is 4.98 Å². The third-order valence-corrected chi connectivity index (χ3v) is 6.00. The Balaban J connectivity index is 1.41. The van der Waals surface area contributed by atoms with Crippen molar-refractivity contribution in [3.05, 3.63) is 42.5 Å². The third kappa shape index (κ3) is 4.09. The highest BCUT2D eigenvalue weighted by molar-refractivity contribution is 5.93. The van der Waals surface area contributed by atoms with Crippen LogP contribution in [-0.2, 0) is 7.05 Å². The van der Waals surface area contributed by atoms with Crippen molar-refractivity contribution in [1.29, 1.82) is 5.26 Å². The topological polar surface area (TPSA) is 119 Å². The number of nitriles is 1. The van der Waals surface area contributed by atoms with Crippen molar-refractivity contribution in [1.82, 2.24) is 34.7 Å². The van der Waals surface area contributed by atoms with Crippen LogP contribution < -0.4 is 10.1 Å². The van der Waals surface area contributed by atoms with Gasteiger partial charge >= 0.3 is 0 Å². The van der Waals surface area contributed by atoms with Crippen molar-refractivity contribution in [2.75, 3.05) is 11.9 Å². The standard InChI is InChI=1S/C23H25N9O/c1-3-25-21-10-20-19(13-26-21)22(16-12-28-31(2)14-16)30-32(20)17-4-6-18(7-5-17)33-23-15(11-24)8-9-27-29-23/h8-10,12-14,17-18H,3-7H2,1-2H3,(H,25,26). The van der Waals surface area contributed by atoms with E-state index in [0.29, 0.717) is 11.4 Å². The SMILES string of the molecule is CCNc1cc2c(cn1)c(-c1cnn(C)c1)nn2C1CCC(Oc2nnccc2C#N)CC1. The van der Waals surface area contributed by atoms with E-state index in [-0.39, 0.29) is 12.1 Å². The molecule has 0 radical (unpaired) electrons. The van der Waals surface area contributed by atoms with E-state index in [1.54, 1.807) is 10.7 Å². The van der Waals surface area contributed by atoms with Crippen molar-refractivity contribution < 1.29 is 4.74 Å². The first kappa shape index (κ1) is 20.9. The van der Waals surface area contributed by atoms with Crippen molar-refractivity contribution in [2.24, 2.45) is 7.05 Å². The monoisotopic (exact) mass is 443 g/mol. The smallest absolute Gasteiger partial charge is 0.251 e. The van der Waals surface area contributed by atoms with Gasteiger partial charge in [0.1, 0.15) is 29.2 Å². The molecule has 1 fully saturated rings. The fourth-order valence-electron chi connectivity index (χ4n) is 4.40. The minimum absolute atomic E-state index is 0.00339. The zero-order valence-corrected chi connectivity index (χ0v) is 18.6. The number of anilines is 1. The molecule has 1 N–H and O–H groups in total. The van der Waals surface area contributed by atoms with Gasteiger partial charge in [-0.1, -0.05) is 0 Å². The van der Waals surface area contributed by atoms with Crippen LogP contribution in [-0.4, -0.2) is 47.4 Å². The molecule has 1 aliphatic carbocycles. The summed E-state index contributed by atoms with van der Waals surface area (Å²) in [6.07, 6.45) is 10.7. The van der Waals surface area contributed by atoms with Crippen LogP contribution in [0.2, 0.25) is 0 Å². The predicted molar refractivity (Wildman–Crippen MR) is 123 cm³/mol. The van der Waals surface area contributed by atoms with Crippen LogP contribution in [0.1, 0.15) is 44.2 Å². The lowest BCUT2D eigenvalue weighted by atomic mass is 9.93. The second-order valence-corrected chi connectivity index (χ2v) is 8.22. The van der Waals surface area contributed by atoms with Crippen LogP contribution in [0.4, 0.5) is 5.82 Å². The lowest BCUT2D eigenvalue weighted by Gasteiger charge is -2.29. The number of hydrogen-bond acceptors (Lipinski definition) is 8. The Kier molecular flexibility index (Phi) is 5.60. The van der Waals surface area contributed by atoms with Gasteiger partial charge in [0.2, 0.25) is 0 Å². The van der Waals surface area contributed by atoms with Crippen LogP contribution in [0.25, 0.3) is 22.2 Å². The van der Waals surface area contributed by atoms with Gasteiger partial charge in [0.15, 0.2) is 0 Å². The first-order valence-electron chi connectivity index (χ1n) is 11.2. The Labute approximate surface area is 191 Å². The molecule has 5 rings (SSSR count). The summed E-state index contributed by atoms with van der Waals surface area (Å²) in [7, 11) is 1.90. The van der Waals surface area contributed by atoms with Crippen molar-refractivity contribution in [3.63, 3.8) is 0 Å². The van der Waals surface area contributed by atoms with Gasteiger partial charge in [0.05, 0.1) is 24.0 Å². The van der Waals surface area contributed by atoms with Crippen LogP contribution >= 0.6 is 0 Å². The van der Waals surface area contributed by atoms with E-state index in [4.69, 9.17) is 9.84 Å². The summed E-state index contributed by atoms with van der Waals surface area (Å²) < 4.78 is 9.94. The molecule has 33 heavy (non-hydrogen) atoms. The number of rotatable bonds is 6. The maximum absolute atomic E-state index is 9.27. The zero-order valence-electron chi connectivity index (χ0n) is 18.6. The molecule has 0 aromatic carbocycles. The molecule has 1 saturated carbocycles. The average Bonchev–Trinajstić information content (AvgIpc) is 3.43. The third-order valence-electron chi connectivity index (χ3n) is 6.00. The van der Waals surface area contributed by atoms with Gasteiger partial charge in [0.25, 0.3) is 5.88 Å². The normalized spacial score (nSPS) is 18.2. The lowest BCUT2D eigenvalue weighted by molar-refractivity contribution is 0.124. The molecule has 10 heteroatoms. The lowest BCUT2D eigenvalue weighted by Crippen LogP contribution is -2.27. The molecule has 4 aromatic heterocycles. The van der Waals surface area contributed by atoms with Gasteiger partial charge < -0.3 is 10.1 Å². The molecule has 1 aliphatic rings. The van der Waals surface area contributed by atoms with E-state index in [2.05, 4.69) is 49.3 Å². The summed E-state index contributed by atoms with van der Waals surface area (Å²) in [5.74, 6) is 1.15. The molecule has 0 unspecified atom stereocenters. The van der Waals surface area contributed by atoms with Crippen LogP contribution in [0.15, 0.2) is 36.9 Å². The first-order chi connectivity index (χ1) is 16.2. The van der Waals surface area contributed by atoms with Gasteiger partial charge in [-0.3, -0.25) is 9.36 Å². The maximum atomic E-state index is 9.27. The molecule has 0 spiro atoms. The highest BCUT2D eigenvalue weighted by Gasteiger charge is 2.27. The Morgan fingerprint density at radius 1 is 1.24 bits per heavy atom. The van der Waals surface area contributed by atoms with Gasteiger partial charge in [-0.05, 0) is 38.7 Å². The number of aromatic nitrogens is 7. The largest absolute Gasteiger partial charge is 0.472 e. The highest BCUT2D eigenvalue weighted by Crippen LogP contribution is 2.36. The maximum Gasteiger partial charge on any atom is 0.251 e. The van der Waals surface area contributed by atoms with Gasteiger partial charge in [-0.15, -0.1) is 5.10 Å². The zero-order chi connectivity index (χ0) is 22.8. The van der Waals surface area contributed by atoms with Crippen LogP contribution in [0.5, 0.6) is 5.88 Å². The number of nitrogens with one attached hydrogen (secondary N) is 1. The Bertz CT molecular complexity index is 1310. The predicted octanol–water partition coefficient (Wildman–Crippen LogP) is 3.49. The summed E-state index contributed by atoms with van der Waals surface area (Å²) in [5, 5.41) is 30.8. The fourth-order valence-corrected chi connectivity index (χ4v) is 4.40. The Hall–Kier alpha value is -4.00. The molecule has 0 aliphatic heterocycles. The molecule has 0 atom stereocenters. The van der Waals surface area contributed by atoms with E-state index < -0.39 is 0 Å². The van der Waals surface area contributed by atoms with E-state index in [1.165, 1.54) is 6.20 Å². The molecular formula is C23H25N9O.